The Hall–Kier alpha value is -8.32. The predicted octanol–water partition coefficient (Wildman–Crippen LogP) is 12.1. The van der Waals surface area contributed by atoms with Crippen LogP contribution in [0.4, 0.5) is 34.1 Å². The Bertz CT molecular complexity index is 3540. The van der Waals surface area contributed by atoms with Gasteiger partial charge in [-0.25, -0.2) is 0 Å². The zero-order valence-corrected chi connectivity index (χ0v) is 37.4. The minimum atomic E-state index is -0.109. The summed E-state index contributed by atoms with van der Waals surface area (Å²) in [7, 11) is 0. The summed E-state index contributed by atoms with van der Waals surface area (Å²) >= 11 is 1.80. The Morgan fingerprint density at radius 1 is 0.309 bits per heavy atom. The van der Waals surface area contributed by atoms with Crippen LogP contribution in [0.25, 0.3) is 11.1 Å². The van der Waals surface area contributed by atoms with Gasteiger partial charge in [0.1, 0.15) is 34.5 Å². The molecular weight excluding hydrogens is 850 g/mol. The monoisotopic (exact) mass is 888 g/mol. The first-order valence-electron chi connectivity index (χ1n) is 23.0. The zero-order chi connectivity index (χ0) is 44.7. The molecule has 0 N–H and O–H groups in total. The summed E-state index contributed by atoms with van der Waals surface area (Å²) in [6.45, 7) is -0.156. The second-order valence-electron chi connectivity index (χ2n) is 17.5. The van der Waals surface area contributed by atoms with Crippen LogP contribution in [0.1, 0.15) is 0 Å². The van der Waals surface area contributed by atoms with Gasteiger partial charge in [-0.05, 0) is 118 Å². The number of anilines is 6. The normalized spacial score (nSPS) is 12.9. The fraction of sp³-hybridized carbons (Fsp3) is 0. The summed E-state index contributed by atoms with van der Waals surface area (Å²) in [4.78, 5) is 6.96. The van der Waals surface area contributed by atoms with Gasteiger partial charge in [0, 0.05) is 49.6 Å². The Labute approximate surface area is 400 Å². The van der Waals surface area contributed by atoms with E-state index in [4.69, 9.17) is 14.2 Å². The van der Waals surface area contributed by atoms with Crippen molar-refractivity contribution in [3.8, 4) is 45.6 Å². The van der Waals surface area contributed by atoms with Gasteiger partial charge >= 0.3 is 0 Å². The van der Waals surface area contributed by atoms with Gasteiger partial charge in [0.15, 0.2) is 0 Å². The van der Waals surface area contributed by atoms with E-state index in [0.29, 0.717) is 0 Å². The summed E-state index contributed by atoms with van der Waals surface area (Å²) in [6, 6.07) is 81.6. The molecule has 5 nitrogen and oxygen atoms in total. The van der Waals surface area contributed by atoms with Gasteiger partial charge in [-0.2, -0.15) is 0 Å². The fourth-order valence-electron chi connectivity index (χ4n) is 10.8. The molecule has 0 atom stereocenters. The molecule has 10 aromatic carbocycles. The maximum Gasteiger partial charge on any atom is 0.260 e. The van der Waals surface area contributed by atoms with Crippen LogP contribution < -0.4 is 56.8 Å². The molecule has 14 rings (SSSR count). The van der Waals surface area contributed by atoms with Crippen molar-refractivity contribution in [1.29, 1.82) is 0 Å². The predicted molar refractivity (Wildman–Crippen MR) is 281 cm³/mol. The molecule has 10 aromatic rings. The third-order valence-corrected chi connectivity index (χ3v) is 14.8. The lowest BCUT2D eigenvalue weighted by Gasteiger charge is -2.37. The number of rotatable bonds is 7. The van der Waals surface area contributed by atoms with Crippen LogP contribution in [0.5, 0.6) is 34.5 Å². The van der Waals surface area contributed by atoms with E-state index in [2.05, 4.69) is 240 Å². The van der Waals surface area contributed by atoms with Crippen LogP contribution in [0, 0.1) is 0 Å². The minimum Gasteiger partial charge on any atom is -0.458 e. The third-order valence-electron chi connectivity index (χ3n) is 13.6. The fourth-order valence-corrected chi connectivity index (χ4v) is 12.0. The molecule has 0 fully saturated rings. The van der Waals surface area contributed by atoms with E-state index in [1.807, 2.05) is 0 Å². The van der Waals surface area contributed by atoms with Gasteiger partial charge in [0.25, 0.3) is 13.4 Å². The summed E-state index contributed by atoms with van der Waals surface area (Å²) in [5, 5.41) is 0. The van der Waals surface area contributed by atoms with E-state index in [9.17, 15) is 0 Å². The Kier molecular flexibility index (Phi) is 8.95. The van der Waals surface area contributed by atoms with Crippen molar-refractivity contribution in [2.45, 2.75) is 9.79 Å². The summed E-state index contributed by atoms with van der Waals surface area (Å²) in [6.07, 6.45) is 0. The van der Waals surface area contributed by atoms with Gasteiger partial charge in [-0.15, -0.1) is 0 Å². The van der Waals surface area contributed by atoms with E-state index in [0.717, 1.165) is 106 Å². The third kappa shape index (κ3) is 6.21. The van der Waals surface area contributed by atoms with Crippen molar-refractivity contribution >= 4 is 92.1 Å². The van der Waals surface area contributed by atoms with Gasteiger partial charge in [-0.1, -0.05) is 151 Å². The highest BCUT2D eigenvalue weighted by Gasteiger charge is 2.45. The van der Waals surface area contributed by atoms with Crippen LogP contribution in [-0.4, -0.2) is 13.4 Å². The lowest BCUT2D eigenvalue weighted by Crippen LogP contribution is -2.61. The molecule has 0 saturated heterocycles. The van der Waals surface area contributed by atoms with Gasteiger partial charge in [-0.3, -0.25) is 0 Å². The highest BCUT2D eigenvalue weighted by atomic mass is 32.2. The number of hydrogen-bond acceptors (Lipinski definition) is 6. The number of benzene rings is 10. The molecule has 0 spiro atoms. The standard InChI is InChI=1S/C60H38B2N2O3S/c1-5-19-40(20-6-1)63(41-21-7-2-8-22-41)44-35-56-60-58(36-44)68-57-38-53-48(37-49(57)62(60)47-29-15-18-32-52(47)66-56)61-46-28-14-17-31-51(46)65-54-33-39(34-55(67-53)59(54)61)45-27-13-16-30-50(45)64(42-23-9-3-10-24-42)43-25-11-4-12-26-43/h1-38H. The van der Waals surface area contributed by atoms with Crippen molar-refractivity contribution in [2.24, 2.45) is 0 Å². The molecule has 0 amide bonds. The van der Waals surface area contributed by atoms with Gasteiger partial charge in [0.05, 0.1) is 11.4 Å². The lowest BCUT2D eigenvalue weighted by atomic mass is 9.32. The highest BCUT2D eigenvalue weighted by Crippen LogP contribution is 2.47. The second kappa shape index (κ2) is 15.7. The van der Waals surface area contributed by atoms with Crippen LogP contribution in [0.15, 0.2) is 240 Å². The van der Waals surface area contributed by atoms with Gasteiger partial charge in [0.2, 0.25) is 0 Å². The SMILES string of the molecule is c1ccc(N(c2ccccc2)c2cc3c4c(c2)Sc2cc5c(cc2B4c2ccccc2O3)B2c3ccccc3Oc3cc(-c4ccccc4N(c4ccccc4)c4ccccc4)cc(c32)O5)cc1. The number of nitrogens with zero attached hydrogens (tertiary/aromatic N) is 2. The Morgan fingerprint density at radius 2 is 0.779 bits per heavy atom. The Morgan fingerprint density at radius 3 is 1.37 bits per heavy atom. The van der Waals surface area contributed by atoms with E-state index in [1.165, 1.54) is 15.8 Å². The van der Waals surface area contributed by atoms with Gasteiger partial charge < -0.3 is 24.0 Å². The maximum absolute atomic E-state index is 7.24. The molecule has 0 aromatic heterocycles. The Balaban J connectivity index is 0.938. The molecule has 4 aliphatic rings. The first-order valence-corrected chi connectivity index (χ1v) is 23.9. The number of para-hydroxylation sites is 7. The van der Waals surface area contributed by atoms with Crippen LogP contribution in [-0.2, 0) is 0 Å². The molecule has 0 unspecified atom stereocenters. The van der Waals surface area contributed by atoms with Crippen LogP contribution in [0.2, 0.25) is 0 Å². The van der Waals surface area contributed by atoms with E-state index >= 15 is 0 Å². The number of hydrogen-bond donors (Lipinski definition) is 0. The molecule has 8 heteroatoms. The zero-order valence-electron chi connectivity index (χ0n) is 36.6. The van der Waals surface area contributed by atoms with E-state index in [-0.39, 0.29) is 13.4 Å². The number of fused-ring (bicyclic) bond motifs is 8. The first-order chi connectivity index (χ1) is 33.7. The molecule has 0 aliphatic carbocycles. The molecule has 318 valence electrons. The molecule has 4 heterocycles. The van der Waals surface area contributed by atoms with Crippen molar-refractivity contribution in [3.05, 3.63) is 231 Å². The summed E-state index contributed by atoms with van der Waals surface area (Å²) in [5.41, 5.74) is 15.4. The number of ether oxygens (including phenoxy) is 3. The molecule has 68 heavy (non-hydrogen) atoms. The molecular formula is C60H38B2N2O3S. The largest absolute Gasteiger partial charge is 0.458 e. The molecule has 0 bridgehead atoms. The minimum absolute atomic E-state index is 0.0468. The molecule has 0 radical (unpaired) electrons. The topological polar surface area (TPSA) is 34.2 Å². The average Bonchev–Trinajstić information content (AvgIpc) is 3.39. The van der Waals surface area contributed by atoms with E-state index < -0.39 is 0 Å². The lowest BCUT2D eigenvalue weighted by molar-refractivity contribution is 0.464. The second-order valence-corrected chi connectivity index (χ2v) is 18.6. The molecule has 4 aliphatic heterocycles. The van der Waals surface area contributed by atoms with Crippen LogP contribution in [0.3, 0.4) is 0 Å². The first kappa shape index (κ1) is 38.9. The van der Waals surface area contributed by atoms with Crippen molar-refractivity contribution in [1.82, 2.24) is 0 Å². The highest BCUT2D eigenvalue weighted by molar-refractivity contribution is 8.00. The smallest absolute Gasteiger partial charge is 0.260 e. The summed E-state index contributed by atoms with van der Waals surface area (Å²) in [5.74, 6) is 5.06. The van der Waals surface area contributed by atoms with Crippen molar-refractivity contribution in [2.75, 3.05) is 9.80 Å². The molecule has 0 saturated carbocycles. The van der Waals surface area contributed by atoms with E-state index in [1.54, 1.807) is 11.8 Å². The van der Waals surface area contributed by atoms with Crippen molar-refractivity contribution < 1.29 is 14.2 Å². The van der Waals surface area contributed by atoms with Crippen LogP contribution >= 0.6 is 11.8 Å². The average molecular weight is 889 g/mol. The maximum atomic E-state index is 7.24. The summed E-state index contributed by atoms with van der Waals surface area (Å²) < 4.78 is 21.1. The van der Waals surface area contributed by atoms with Crippen molar-refractivity contribution in [3.63, 3.8) is 0 Å². The quantitative estimate of drug-likeness (QED) is 0.148.